The second-order valence-electron chi connectivity index (χ2n) is 4.19. The molecular weight excluding hydrogens is 294 g/mol. The zero-order chi connectivity index (χ0) is 13.3. The molecule has 0 fully saturated rings. The van der Waals surface area contributed by atoms with Crippen LogP contribution in [0.15, 0.2) is 28.9 Å². The molecule has 2 rings (SSSR count). The third-order valence-electron chi connectivity index (χ3n) is 2.72. The van der Waals surface area contributed by atoms with Gasteiger partial charge in [-0.3, -0.25) is 4.79 Å². The molecule has 0 spiro atoms. The van der Waals surface area contributed by atoms with E-state index in [1.807, 2.05) is 18.2 Å². The number of hydrogen-bond acceptors (Lipinski definition) is 2. The molecule has 0 aliphatic heterocycles. The molecule has 18 heavy (non-hydrogen) atoms. The zero-order valence-corrected chi connectivity index (χ0v) is 11.7. The van der Waals surface area contributed by atoms with Gasteiger partial charge in [0.25, 0.3) is 5.91 Å². The number of carbonyl (C=O) groups excluding carboxylic acids is 1. The number of benzene rings is 1. The highest BCUT2D eigenvalue weighted by Crippen LogP contribution is 2.25. The summed E-state index contributed by atoms with van der Waals surface area (Å²) in [6, 6.07) is 7.80. The first-order chi connectivity index (χ1) is 8.54. The van der Waals surface area contributed by atoms with Crippen molar-refractivity contribution in [2.24, 2.45) is 0 Å². The molecule has 0 saturated carbocycles. The Morgan fingerprint density at radius 1 is 1.50 bits per heavy atom. The molecule has 0 aliphatic rings. The van der Waals surface area contributed by atoms with Crippen LogP contribution in [0.5, 0.6) is 0 Å². The molecule has 1 amide bonds. The van der Waals surface area contributed by atoms with Gasteiger partial charge in [-0.1, -0.05) is 22.0 Å². The van der Waals surface area contributed by atoms with Crippen LogP contribution in [0.4, 0.5) is 0 Å². The van der Waals surface area contributed by atoms with Gasteiger partial charge in [-0.05, 0) is 12.1 Å². The fourth-order valence-electron chi connectivity index (χ4n) is 1.88. The first kappa shape index (κ1) is 12.7. The molecule has 0 atom stereocenters. The van der Waals surface area contributed by atoms with Gasteiger partial charge in [-0.2, -0.15) is 5.26 Å². The SMILES string of the molecule is CN(C)C(=O)c1cn(CC#N)c2cc(Br)ccc12. The van der Waals surface area contributed by atoms with Crippen LogP contribution in [-0.2, 0) is 6.54 Å². The van der Waals surface area contributed by atoms with E-state index in [4.69, 9.17) is 5.26 Å². The van der Waals surface area contributed by atoms with E-state index in [1.54, 1.807) is 24.9 Å². The standard InChI is InChI=1S/C13H12BrN3O/c1-16(2)13(18)11-8-17(6-5-15)12-7-9(14)3-4-10(11)12/h3-4,7-8H,6H2,1-2H3. The van der Waals surface area contributed by atoms with Crippen LogP contribution in [0.1, 0.15) is 10.4 Å². The van der Waals surface area contributed by atoms with Gasteiger partial charge in [0.2, 0.25) is 0 Å². The van der Waals surface area contributed by atoms with E-state index in [9.17, 15) is 4.79 Å². The van der Waals surface area contributed by atoms with Gasteiger partial charge in [-0.15, -0.1) is 0 Å². The quantitative estimate of drug-likeness (QED) is 0.856. The Balaban J connectivity index is 2.69. The summed E-state index contributed by atoms with van der Waals surface area (Å²) in [5.41, 5.74) is 1.51. The van der Waals surface area contributed by atoms with E-state index in [0.29, 0.717) is 5.56 Å². The van der Waals surface area contributed by atoms with Crippen LogP contribution in [-0.4, -0.2) is 29.5 Å². The highest BCUT2D eigenvalue weighted by molar-refractivity contribution is 9.10. The summed E-state index contributed by atoms with van der Waals surface area (Å²) in [5, 5.41) is 9.70. The average molecular weight is 306 g/mol. The number of hydrogen-bond donors (Lipinski definition) is 0. The minimum Gasteiger partial charge on any atom is -0.345 e. The maximum absolute atomic E-state index is 12.1. The van der Waals surface area contributed by atoms with Crippen molar-refractivity contribution in [3.63, 3.8) is 0 Å². The third-order valence-corrected chi connectivity index (χ3v) is 3.22. The van der Waals surface area contributed by atoms with E-state index >= 15 is 0 Å². The van der Waals surface area contributed by atoms with Crippen LogP contribution >= 0.6 is 15.9 Å². The maximum atomic E-state index is 12.1. The van der Waals surface area contributed by atoms with Gasteiger partial charge in [0.15, 0.2) is 0 Å². The summed E-state index contributed by atoms with van der Waals surface area (Å²) in [5.74, 6) is -0.0565. The van der Waals surface area contributed by atoms with Crippen LogP contribution in [0.25, 0.3) is 10.9 Å². The molecule has 1 aromatic heterocycles. The topological polar surface area (TPSA) is 49.0 Å². The number of halogens is 1. The fraction of sp³-hybridized carbons (Fsp3) is 0.231. The predicted molar refractivity (Wildman–Crippen MR) is 73.3 cm³/mol. The van der Waals surface area contributed by atoms with E-state index in [0.717, 1.165) is 15.4 Å². The minimum atomic E-state index is -0.0565. The summed E-state index contributed by atoms with van der Waals surface area (Å²) in [6.45, 7) is 0.230. The zero-order valence-electron chi connectivity index (χ0n) is 10.1. The maximum Gasteiger partial charge on any atom is 0.255 e. The van der Waals surface area contributed by atoms with Gasteiger partial charge in [0.05, 0.1) is 17.1 Å². The van der Waals surface area contributed by atoms with Crippen molar-refractivity contribution in [2.75, 3.05) is 14.1 Å². The second-order valence-corrected chi connectivity index (χ2v) is 5.11. The van der Waals surface area contributed by atoms with Crippen LogP contribution in [0.2, 0.25) is 0 Å². The molecule has 0 radical (unpaired) electrons. The average Bonchev–Trinajstić information content (AvgIpc) is 2.67. The molecule has 5 heteroatoms. The molecular formula is C13H12BrN3O. The number of amides is 1. The smallest absolute Gasteiger partial charge is 0.255 e. The van der Waals surface area contributed by atoms with Crippen molar-refractivity contribution < 1.29 is 4.79 Å². The van der Waals surface area contributed by atoms with Crippen LogP contribution in [0.3, 0.4) is 0 Å². The Morgan fingerprint density at radius 3 is 2.83 bits per heavy atom. The van der Waals surface area contributed by atoms with Crippen molar-refractivity contribution in [3.8, 4) is 6.07 Å². The van der Waals surface area contributed by atoms with Crippen molar-refractivity contribution in [1.29, 1.82) is 5.26 Å². The lowest BCUT2D eigenvalue weighted by Crippen LogP contribution is -2.21. The lowest BCUT2D eigenvalue weighted by atomic mass is 10.1. The summed E-state index contributed by atoms with van der Waals surface area (Å²) in [6.07, 6.45) is 1.74. The monoisotopic (exact) mass is 305 g/mol. The van der Waals surface area contributed by atoms with Crippen molar-refractivity contribution >= 4 is 32.7 Å². The van der Waals surface area contributed by atoms with Crippen LogP contribution in [0, 0.1) is 11.3 Å². The van der Waals surface area contributed by atoms with Gasteiger partial charge in [0, 0.05) is 30.2 Å². The molecule has 1 heterocycles. The summed E-state index contributed by atoms with van der Waals surface area (Å²) in [7, 11) is 3.43. The van der Waals surface area contributed by atoms with E-state index in [2.05, 4.69) is 22.0 Å². The number of aromatic nitrogens is 1. The number of fused-ring (bicyclic) bond motifs is 1. The van der Waals surface area contributed by atoms with Crippen molar-refractivity contribution in [3.05, 3.63) is 34.4 Å². The first-order valence-electron chi connectivity index (χ1n) is 5.41. The second kappa shape index (κ2) is 4.83. The largest absolute Gasteiger partial charge is 0.345 e. The molecule has 0 aliphatic carbocycles. The Morgan fingerprint density at radius 2 is 2.22 bits per heavy atom. The first-order valence-corrected chi connectivity index (χ1v) is 6.21. The summed E-state index contributed by atoms with van der Waals surface area (Å²) >= 11 is 3.40. The van der Waals surface area contributed by atoms with E-state index in [1.165, 1.54) is 4.90 Å². The Bertz CT molecular complexity index is 652. The van der Waals surface area contributed by atoms with Gasteiger partial charge in [0.1, 0.15) is 6.54 Å². The Hall–Kier alpha value is -1.80. The van der Waals surface area contributed by atoms with Gasteiger partial charge < -0.3 is 9.47 Å². The fourth-order valence-corrected chi connectivity index (χ4v) is 2.23. The Labute approximate surface area is 114 Å². The summed E-state index contributed by atoms with van der Waals surface area (Å²) in [4.78, 5) is 13.6. The molecule has 2 aromatic rings. The lowest BCUT2D eigenvalue weighted by Gasteiger charge is -2.08. The molecule has 0 bridgehead atoms. The molecule has 4 nitrogen and oxygen atoms in total. The van der Waals surface area contributed by atoms with Gasteiger partial charge >= 0.3 is 0 Å². The number of carbonyl (C=O) groups is 1. The summed E-state index contributed by atoms with van der Waals surface area (Å²) < 4.78 is 2.72. The van der Waals surface area contributed by atoms with Crippen LogP contribution < -0.4 is 0 Å². The highest BCUT2D eigenvalue weighted by Gasteiger charge is 2.16. The molecule has 0 N–H and O–H groups in total. The minimum absolute atomic E-state index is 0.0565. The number of nitriles is 1. The molecule has 92 valence electrons. The van der Waals surface area contributed by atoms with E-state index < -0.39 is 0 Å². The normalized spacial score (nSPS) is 10.3. The van der Waals surface area contributed by atoms with Crippen molar-refractivity contribution in [1.82, 2.24) is 9.47 Å². The highest BCUT2D eigenvalue weighted by atomic mass is 79.9. The molecule has 0 unspecified atom stereocenters. The van der Waals surface area contributed by atoms with Crippen molar-refractivity contribution in [2.45, 2.75) is 6.54 Å². The number of nitrogens with zero attached hydrogens (tertiary/aromatic N) is 3. The molecule has 0 saturated heterocycles. The Kier molecular flexibility index (Phi) is 3.39. The lowest BCUT2D eigenvalue weighted by molar-refractivity contribution is 0.0829. The number of rotatable bonds is 2. The van der Waals surface area contributed by atoms with E-state index in [-0.39, 0.29) is 12.5 Å². The van der Waals surface area contributed by atoms with Gasteiger partial charge in [-0.25, -0.2) is 0 Å². The molecule has 1 aromatic carbocycles. The third kappa shape index (κ3) is 2.12. The predicted octanol–water partition coefficient (Wildman–Crippen LogP) is 2.63.